The molecule has 1 amide bonds. The fourth-order valence-electron chi connectivity index (χ4n) is 7.38. The summed E-state index contributed by atoms with van der Waals surface area (Å²) in [5.41, 5.74) is 4.25. The zero-order valence-corrected chi connectivity index (χ0v) is 20.2. The maximum atomic E-state index is 13.4. The van der Waals surface area contributed by atoms with Gasteiger partial charge in [0.15, 0.2) is 12.0 Å². The van der Waals surface area contributed by atoms with Crippen LogP contribution in [0.1, 0.15) is 41.7 Å². The van der Waals surface area contributed by atoms with E-state index in [0.717, 1.165) is 43.6 Å². The number of carbonyl (C=O) groups is 1. The topological polar surface area (TPSA) is 89.7 Å². The van der Waals surface area contributed by atoms with Gasteiger partial charge in [0.05, 0.1) is 27.6 Å². The number of aromatic nitrogens is 2. The number of amides is 1. The van der Waals surface area contributed by atoms with Crippen LogP contribution < -0.4 is 10.6 Å². The average Bonchev–Trinajstić information content (AvgIpc) is 3.48. The summed E-state index contributed by atoms with van der Waals surface area (Å²) < 4.78 is 17.7. The number of hydrogen-bond acceptors (Lipinski definition) is 5. The molecule has 3 N–H and O–H groups in total. The molecule has 5 heterocycles. The molecule has 3 aliphatic rings. The van der Waals surface area contributed by atoms with Crippen molar-refractivity contribution < 1.29 is 19.4 Å². The van der Waals surface area contributed by atoms with E-state index in [1.807, 2.05) is 31.3 Å². The van der Waals surface area contributed by atoms with Crippen molar-refractivity contribution in [1.29, 1.82) is 0 Å². The van der Waals surface area contributed by atoms with Gasteiger partial charge in [-0.15, -0.1) is 0 Å². The van der Waals surface area contributed by atoms with Crippen LogP contribution in [0.2, 0.25) is 0 Å². The van der Waals surface area contributed by atoms with Crippen molar-refractivity contribution in [3.8, 4) is 0 Å². The summed E-state index contributed by atoms with van der Waals surface area (Å²) in [7, 11) is 3.70. The van der Waals surface area contributed by atoms with Gasteiger partial charge in [0, 0.05) is 46.7 Å². The number of benzene rings is 3. The minimum absolute atomic E-state index is 0.0289. The zero-order chi connectivity index (χ0) is 24.5. The molecule has 36 heavy (non-hydrogen) atoms. The highest BCUT2D eigenvalue weighted by molar-refractivity contribution is 6.31. The molecule has 3 aromatic carbocycles. The maximum Gasteiger partial charge on any atom is 0.254 e. The molecule has 8 nitrogen and oxygen atoms in total. The van der Waals surface area contributed by atoms with E-state index in [1.54, 1.807) is 7.11 Å². The third kappa shape index (κ3) is 2.15. The first-order chi connectivity index (χ1) is 17.5. The van der Waals surface area contributed by atoms with Crippen LogP contribution in [0.15, 0.2) is 48.5 Å². The molecule has 0 aliphatic carbocycles. The van der Waals surface area contributed by atoms with Crippen LogP contribution >= 0.6 is 0 Å². The molecule has 1 fully saturated rings. The third-order valence-electron chi connectivity index (χ3n) is 8.65. The summed E-state index contributed by atoms with van der Waals surface area (Å²) in [6.07, 6.45) is -0.941. The second-order valence-corrected chi connectivity index (χ2v) is 10.3. The van der Waals surface area contributed by atoms with Gasteiger partial charge in [-0.1, -0.05) is 36.4 Å². The Morgan fingerprint density at radius 3 is 2.50 bits per heavy atom. The van der Waals surface area contributed by atoms with E-state index in [1.165, 1.54) is 0 Å². The Bertz CT molecular complexity index is 1790. The number of para-hydroxylation sites is 2. The first-order valence-corrected chi connectivity index (χ1v) is 12.4. The first-order valence-electron chi connectivity index (χ1n) is 12.4. The summed E-state index contributed by atoms with van der Waals surface area (Å²) >= 11 is 0. The first kappa shape index (κ1) is 20.7. The van der Waals surface area contributed by atoms with Gasteiger partial charge >= 0.3 is 0 Å². The predicted molar refractivity (Wildman–Crippen MR) is 137 cm³/mol. The number of likely N-dealkylation sites (N-methyl/N-ethyl adjacent to an activating group) is 1. The fraction of sp³-hybridized carbons (Fsp3) is 0.321. The summed E-state index contributed by atoms with van der Waals surface area (Å²) in [5.74, 6) is -0.249. The number of nitrogens with zero attached hydrogens (tertiary/aromatic N) is 2. The van der Waals surface area contributed by atoms with Crippen LogP contribution in [-0.2, 0) is 15.2 Å². The number of rotatable bonds is 2. The molecule has 182 valence electrons. The Morgan fingerprint density at radius 2 is 1.78 bits per heavy atom. The van der Waals surface area contributed by atoms with Crippen LogP contribution in [0.25, 0.3) is 43.6 Å². The molecule has 5 aromatic rings. The Labute approximate surface area is 206 Å². The van der Waals surface area contributed by atoms with Gasteiger partial charge in [-0.2, -0.15) is 0 Å². The lowest BCUT2D eigenvalue weighted by atomic mass is 9.93. The smallest absolute Gasteiger partial charge is 0.254 e. The number of methoxy groups -OCH3 is 1. The van der Waals surface area contributed by atoms with Crippen molar-refractivity contribution >= 4 is 49.5 Å². The monoisotopic (exact) mass is 482 g/mol. The summed E-state index contributed by atoms with van der Waals surface area (Å²) in [5, 5.41) is 21.1. The number of nitrogens with one attached hydrogen (secondary N) is 2. The van der Waals surface area contributed by atoms with Crippen molar-refractivity contribution in [3.05, 3.63) is 59.7 Å². The molecular formula is C28H26N4O4. The predicted octanol–water partition coefficient (Wildman–Crippen LogP) is 3.84. The Kier molecular flexibility index (Phi) is 3.83. The summed E-state index contributed by atoms with van der Waals surface area (Å²) in [6.45, 7) is 2.09. The molecule has 0 radical (unpaired) electrons. The molecular weight excluding hydrogens is 456 g/mol. The van der Waals surface area contributed by atoms with E-state index in [4.69, 9.17) is 9.47 Å². The highest BCUT2D eigenvalue weighted by Crippen LogP contribution is 2.54. The zero-order valence-electron chi connectivity index (χ0n) is 20.2. The SMILES string of the molecule is CN[C@H]1C[C@@H]2O[C@@](C)([C@H]1OC)n1c3ccccc3c3c4c(c5c6ccccc6n2c5c31)C(=O)NC4O. The minimum Gasteiger partial charge on any atom is -0.375 e. The average molecular weight is 483 g/mol. The Hall–Kier alpha value is -3.43. The van der Waals surface area contributed by atoms with E-state index in [-0.39, 0.29) is 24.3 Å². The van der Waals surface area contributed by atoms with Crippen LogP contribution in [0.3, 0.4) is 0 Å². The maximum absolute atomic E-state index is 13.4. The van der Waals surface area contributed by atoms with E-state index in [2.05, 4.69) is 51.0 Å². The van der Waals surface area contributed by atoms with E-state index < -0.39 is 12.0 Å². The van der Waals surface area contributed by atoms with Gasteiger partial charge in [0.1, 0.15) is 12.3 Å². The van der Waals surface area contributed by atoms with Gasteiger partial charge in [0.25, 0.3) is 5.91 Å². The number of ether oxygens (including phenoxy) is 2. The van der Waals surface area contributed by atoms with Gasteiger partial charge in [-0.05, 0) is 26.1 Å². The normalized spacial score (nSPS) is 28.9. The molecule has 1 saturated heterocycles. The quantitative estimate of drug-likeness (QED) is 0.356. The number of hydrogen-bond donors (Lipinski definition) is 3. The molecule has 2 aromatic heterocycles. The molecule has 1 unspecified atom stereocenters. The summed E-state index contributed by atoms with van der Waals surface area (Å²) in [4.78, 5) is 13.4. The van der Waals surface area contributed by atoms with Crippen molar-refractivity contribution in [2.45, 2.75) is 43.7 Å². The molecule has 3 aliphatic heterocycles. The fourth-order valence-corrected chi connectivity index (χ4v) is 7.38. The van der Waals surface area contributed by atoms with Crippen LogP contribution in [0, 0.1) is 0 Å². The standard InChI is InChI=1S/C28H26N4O4/c1-28-25(35-3)15(29-2)12-18(36-28)31-16-10-6-4-8-13(16)19-21-22(27(34)30-26(21)33)20-14-9-5-7-11-17(14)32(28)24(20)23(19)31/h4-11,15,18,25,27,29,34H,12H2,1-3H3,(H,30,33)/t15-,18-,25-,27?,28-/m0/s1. The number of fused-ring (bicyclic) bond motifs is 13. The molecule has 0 saturated carbocycles. The Balaban J connectivity index is 1.73. The van der Waals surface area contributed by atoms with Crippen molar-refractivity contribution in [1.82, 2.24) is 19.8 Å². The van der Waals surface area contributed by atoms with Crippen LogP contribution in [-0.4, -0.2) is 46.5 Å². The van der Waals surface area contributed by atoms with Gasteiger partial charge < -0.3 is 34.3 Å². The van der Waals surface area contributed by atoms with E-state index in [0.29, 0.717) is 17.5 Å². The van der Waals surface area contributed by atoms with Crippen molar-refractivity contribution in [2.24, 2.45) is 0 Å². The lowest BCUT2D eigenvalue weighted by Gasteiger charge is -2.48. The largest absolute Gasteiger partial charge is 0.375 e. The third-order valence-corrected chi connectivity index (χ3v) is 8.65. The molecule has 8 rings (SSSR count). The van der Waals surface area contributed by atoms with Gasteiger partial charge in [-0.3, -0.25) is 4.79 Å². The second-order valence-electron chi connectivity index (χ2n) is 10.3. The highest BCUT2D eigenvalue weighted by Gasteiger charge is 2.53. The summed E-state index contributed by atoms with van der Waals surface area (Å²) in [6, 6.07) is 16.4. The lowest BCUT2D eigenvalue weighted by molar-refractivity contribution is -0.256. The molecule has 5 atom stereocenters. The number of aliphatic hydroxyl groups excluding tert-OH is 1. The van der Waals surface area contributed by atoms with Crippen molar-refractivity contribution in [3.63, 3.8) is 0 Å². The molecule has 0 spiro atoms. The van der Waals surface area contributed by atoms with Crippen LogP contribution in [0.5, 0.6) is 0 Å². The molecule has 2 bridgehead atoms. The second kappa shape index (κ2) is 6.66. The van der Waals surface area contributed by atoms with Gasteiger partial charge in [0.2, 0.25) is 0 Å². The van der Waals surface area contributed by atoms with Crippen molar-refractivity contribution in [2.75, 3.05) is 14.2 Å². The van der Waals surface area contributed by atoms with Crippen LogP contribution in [0.4, 0.5) is 0 Å². The Morgan fingerprint density at radius 1 is 1.08 bits per heavy atom. The number of carbonyl (C=O) groups excluding carboxylic acids is 1. The molecule has 8 heteroatoms. The lowest BCUT2D eigenvalue weighted by Crippen LogP contribution is -2.59. The highest BCUT2D eigenvalue weighted by atomic mass is 16.6. The number of aliphatic hydroxyl groups is 1. The van der Waals surface area contributed by atoms with E-state index in [9.17, 15) is 9.90 Å². The van der Waals surface area contributed by atoms with E-state index >= 15 is 0 Å². The minimum atomic E-state index is -1.09. The van der Waals surface area contributed by atoms with Gasteiger partial charge in [-0.25, -0.2) is 0 Å².